The lowest BCUT2D eigenvalue weighted by Crippen LogP contribution is -2.35. The van der Waals surface area contributed by atoms with Crippen LogP contribution >= 0.6 is 11.6 Å². The second kappa shape index (κ2) is 5.10. The molecule has 0 atom stereocenters. The lowest BCUT2D eigenvalue weighted by atomic mass is 10.2. The Balaban J connectivity index is 2.73. The average molecular weight is 246 g/mol. The van der Waals surface area contributed by atoms with Gasteiger partial charge in [0.05, 0.1) is 35.4 Å². The number of anilines is 1. The van der Waals surface area contributed by atoms with Gasteiger partial charge in [-0.2, -0.15) is 5.26 Å². The highest BCUT2D eigenvalue weighted by atomic mass is 35.5. The van der Waals surface area contributed by atoms with Crippen LogP contribution in [0.5, 0.6) is 0 Å². The molecule has 0 spiro atoms. The Morgan fingerprint density at radius 1 is 1.50 bits per heavy atom. The fraction of sp³-hybridized carbons (Fsp3) is 0.300. The highest BCUT2D eigenvalue weighted by Crippen LogP contribution is 2.24. The van der Waals surface area contributed by atoms with Crippen LogP contribution in [0.25, 0.3) is 0 Å². The maximum atomic E-state index is 12.8. The predicted molar refractivity (Wildman–Crippen MR) is 58.7 cm³/mol. The van der Waals surface area contributed by atoms with E-state index in [0.29, 0.717) is 11.3 Å². The third-order valence-electron chi connectivity index (χ3n) is 1.93. The Morgan fingerprint density at radius 2 is 2.19 bits per heavy atom. The lowest BCUT2D eigenvalue weighted by molar-refractivity contribution is 0.0254. The number of benzene rings is 1. The van der Waals surface area contributed by atoms with Crippen molar-refractivity contribution in [1.82, 2.24) is 0 Å². The van der Waals surface area contributed by atoms with Crippen molar-refractivity contribution in [2.24, 2.45) is 5.73 Å². The molecular weight excluding hydrogens is 236 g/mol. The third kappa shape index (κ3) is 3.33. The number of nitrogens with one attached hydrogen (secondary N) is 1. The third-order valence-corrected chi connectivity index (χ3v) is 2.25. The molecule has 0 aromatic heterocycles. The molecule has 1 aromatic rings. The number of nitriles is 1. The van der Waals surface area contributed by atoms with E-state index in [0.717, 1.165) is 0 Å². The molecule has 1 aromatic carbocycles. The molecule has 86 valence electrons. The summed E-state index contributed by atoms with van der Waals surface area (Å²) in [5.74, 6) is -2.97. The second-order valence-corrected chi connectivity index (χ2v) is 3.63. The Labute approximate surface area is 96.8 Å². The van der Waals surface area contributed by atoms with E-state index in [1.807, 2.05) is 6.07 Å². The Hall–Kier alpha value is -1.38. The second-order valence-electron chi connectivity index (χ2n) is 3.22. The first-order valence-electron chi connectivity index (χ1n) is 4.50. The summed E-state index contributed by atoms with van der Waals surface area (Å²) in [7, 11) is 0. The molecule has 0 saturated carbocycles. The summed E-state index contributed by atoms with van der Waals surface area (Å²) in [6.45, 7) is -1.32. The SMILES string of the molecule is N#Cc1ccc(NCC(F)(F)CN)c(Cl)c1. The summed E-state index contributed by atoms with van der Waals surface area (Å²) < 4.78 is 25.7. The maximum absolute atomic E-state index is 12.8. The normalized spacial score (nSPS) is 10.9. The minimum absolute atomic E-state index is 0.229. The van der Waals surface area contributed by atoms with Crippen LogP contribution in [0.2, 0.25) is 5.02 Å². The zero-order valence-electron chi connectivity index (χ0n) is 8.30. The van der Waals surface area contributed by atoms with Crippen LogP contribution in [-0.2, 0) is 0 Å². The summed E-state index contributed by atoms with van der Waals surface area (Å²) >= 11 is 5.79. The first-order chi connectivity index (χ1) is 7.48. The standard InChI is InChI=1S/C10H10ClF2N3/c11-8-3-7(4-14)1-2-9(8)16-6-10(12,13)5-15/h1-3,16H,5-6,15H2. The number of nitrogens with two attached hydrogens (primary N) is 1. The Morgan fingerprint density at radius 3 is 2.69 bits per heavy atom. The molecule has 16 heavy (non-hydrogen) atoms. The van der Waals surface area contributed by atoms with Crippen molar-refractivity contribution in [2.45, 2.75) is 5.92 Å². The van der Waals surface area contributed by atoms with Crippen LogP contribution in [0.3, 0.4) is 0 Å². The number of halogens is 3. The number of nitrogens with zero attached hydrogens (tertiary/aromatic N) is 1. The molecule has 3 N–H and O–H groups in total. The van der Waals surface area contributed by atoms with E-state index in [2.05, 4.69) is 5.32 Å². The van der Waals surface area contributed by atoms with Gasteiger partial charge in [0.2, 0.25) is 0 Å². The summed E-state index contributed by atoms with van der Waals surface area (Å²) in [6, 6.07) is 6.28. The van der Waals surface area contributed by atoms with E-state index >= 15 is 0 Å². The van der Waals surface area contributed by atoms with Gasteiger partial charge in [-0.25, -0.2) is 8.78 Å². The van der Waals surface area contributed by atoms with Crippen molar-refractivity contribution in [3.8, 4) is 6.07 Å². The van der Waals surface area contributed by atoms with Gasteiger partial charge in [-0.15, -0.1) is 0 Å². The zero-order valence-corrected chi connectivity index (χ0v) is 9.06. The number of hydrogen-bond donors (Lipinski definition) is 2. The van der Waals surface area contributed by atoms with Crippen molar-refractivity contribution in [1.29, 1.82) is 5.26 Å². The number of alkyl halides is 2. The molecule has 0 amide bonds. The fourth-order valence-electron chi connectivity index (χ4n) is 1.02. The van der Waals surface area contributed by atoms with Crippen molar-refractivity contribution in [3.63, 3.8) is 0 Å². The monoisotopic (exact) mass is 245 g/mol. The highest BCUT2D eigenvalue weighted by Gasteiger charge is 2.26. The van der Waals surface area contributed by atoms with Gasteiger partial charge in [-0.3, -0.25) is 0 Å². The summed E-state index contributed by atoms with van der Waals surface area (Å²) in [4.78, 5) is 0. The highest BCUT2D eigenvalue weighted by molar-refractivity contribution is 6.33. The molecule has 0 bridgehead atoms. The Bertz CT molecular complexity index is 415. The topological polar surface area (TPSA) is 61.8 Å². The zero-order chi connectivity index (χ0) is 12.2. The molecule has 0 heterocycles. The number of hydrogen-bond acceptors (Lipinski definition) is 3. The van der Waals surface area contributed by atoms with E-state index in [4.69, 9.17) is 22.6 Å². The van der Waals surface area contributed by atoms with E-state index < -0.39 is 19.0 Å². The predicted octanol–water partition coefficient (Wildman–Crippen LogP) is 2.22. The van der Waals surface area contributed by atoms with E-state index in [-0.39, 0.29) is 5.02 Å². The fourth-order valence-corrected chi connectivity index (χ4v) is 1.27. The van der Waals surface area contributed by atoms with Gasteiger partial charge < -0.3 is 11.1 Å². The van der Waals surface area contributed by atoms with Gasteiger partial charge >= 0.3 is 0 Å². The largest absolute Gasteiger partial charge is 0.378 e. The minimum atomic E-state index is -2.97. The first-order valence-corrected chi connectivity index (χ1v) is 4.88. The van der Waals surface area contributed by atoms with E-state index in [1.54, 1.807) is 0 Å². The van der Waals surface area contributed by atoms with Crippen LogP contribution < -0.4 is 11.1 Å². The molecular formula is C10H10ClF2N3. The lowest BCUT2D eigenvalue weighted by Gasteiger charge is -2.16. The van der Waals surface area contributed by atoms with Gasteiger partial charge in [-0.05, 0) is 18.2 Å². The summed E-state index contributed by atoms with van der Waals surface area (Å²) in [5.41, 5.74) is 5.62. The molecule has 0 aliphatic carbocycles. The number of rotatable bonds is 4. The van der Waals surface area contributed by atoms with Crippen LogP contribution in [0.1, 0.15) is 5.56 Å². The molecule has 1 rings (SSSR count). The van der Waals surface area contributed by atoms with Crippen LogP contribution in [0.15, 0.2) is 18.2 Å². The molecule has 0 radical (unpaired) electrons. The van der Waals surface area contributed by atoms with Crippen LogP contribution in [-0.4, -0.2) is 19.0 Å². The van der Waals surface area contributed by atoms with Gasteiger partial charge in [0, 0.05) is 0 Å². The molecule has 0 fully saturated rings. The van der Waals surface area contributed by atoms with Crippen molar-refractivity contribution >= 4 is 17.3 Å². The van der Waals surface area contributed by atoms with Gasteiger partial charge in [-0.1, -0.05) is 11.6 Å². The molecule has 0 aliphatic heterocycles. The van der Waals surface area contributed by atoms with E-state index in [1.165, 1.54) is 18.2 Å². The van der Waals surface area contributed by atoms with Crippen molar-refractivity contribution in [3.05, 3.63) is 28.8 Å². The van der Waals surface area contributed by atoms with Gasteiger partial charge in [0.15, 0.2) is 0 Å². The molecule has 3 nitrogen and oxygen atoms in total. The molecule has 0 saturated heterocycles. The summed E-state index contributed by atoms with van der Waals surface area (Å²) in [6.07, 6.45) is 0. The quantitative estimate of drug-likeness (QED) is 0.855. The minimum Gasteiger partial charge on any atom is -0.378 e. The van der Waals surface area contributed by atoms with Crippen LogP contribution in [0, 0.1) is 11.3 Å². The summed E-state index contributed by atoms with van der Waals surface area (Å²) in [5, 5.41) is 11.3. The molecule has 0 aliphatic rings. The molecule has 6 heteroatoms. The van der Waals surface area contributed by atoms with Crippen molar-refractivity contribution < 1.29 is 8.78 Å². The maximum Gasteiger partial charge on any atom is 0.276 e. The van der Waals surface area contributed by atoms with Gasteiger partial charge in [0.1, 0.15) is 0 Å². The molecule has 0 unspecified atom stereocenters. The van der Waals surface area contributed by atoms with Crippen molar-refractivity contribution in [2.75, 3.05) is 18.4 Å². The van der Waals surface area contributed by atoms with Gasteiger partial charge in [0.25, 0.3) is 5.92 Å². The smallest absolute Gasteiger partial charge is 0.276 e. The average Bonchev–Trinajstić information content (AvgIpc) is 2.27. The first kappa shape index (κ1) is 12.7. The van der Waals surface area contributed by atoms with E-state index in [9.17, 15) is 8.78 Å². The Kier molecular flexibility index (Phi) is 4.05. The van der Waals surface area contributed by atoms with Crippen LogP contribution in [0.4, 0.5) is 14.5 Å².